The quantitative estimate of drug-likeness (QED) is 0.320. The fourth-order valence-electron chi connectivity index (χ4n) is 2.60. The van der Waals surface area contributed by atoms with Crippen LogP contribution >= 0.6 is 0 Å². The predicted molar refractivity (Wildman–Crippen MR) is 109 cm³/mol. The van der Waals surface area contributed by atoms with Crippen LogP contribution in [0.5, 0.6) is 0 Å². The molecule has 0 aromatic heterocycles. The topological polar surface area (TPSA) is 86.8 Å². The number of sulfonamides is 2. The fourth-order valence-corrected chi connectivity index (χ4v) is 4.51. The SMILES string of the molecule is CCCCCCCCCCN1C=CN(C)C1C.O=S(=O)(NS(=O)(=O)C(F)(F)F)C(F)(F)F. The van der Waals surface area contributed by atoms with Crippen LogP contribution in [0.1, 0.15) is 65.2 Å². The maximum absolute atomic E-state index is 11.5. The Labute approximate surface area is 185 Å². The molecule has 192 valence electrons. The standard InChI is InChI=1S/C15H30N2.C2HF6NO4S2/c1-4-5-6-7-8-9-10-11-12-17-14-13-16(3)15(17)2;3-1(4,5)14(10,11)9-15(12,13)2(6,7)8/h13-15H,4-12H2,1-3H3;9H. The Kier molecular flexibility index (Phi) is 12.4. The Hall–Kier alpha value is -1.22. The zero-order valence-corrected chi connectivity index (χ0v) is 19.8. The van der Waals surface area contributed by atoms with Gasteiger partial charge in [-0.05, 0) is 13.3 Å². The maximum Gasteiger partial charge on any atom is 0.512 e. The second-order valence-corrected chi connectivity index (χ2v) is 10.9. The lowest BCUT2D eigenvalue weighted by Crippen LogP contribution is -2.45. The summed E-state index contributed by atoms with van der Waals surface area (Å²) in [7, 11) is -11.0. The lowest BCUT2D eigenvalue weighted by molar-refractivity contribution is -0.0476. The van der Waals surface area contributed by atoms with Crippen molar-refractivity contribution < 1.29 is 43.2 Å². The first-order valence-corrected chi connectivity index (χ1v) is 13.0. The van der Waals surface area contributed by atoms with Gasteiger partial charge in [0.25, 0.3) is 0 Å². The molecule has 0 aromatic rings. The van der Waals surface area contributed by atoms with Crippen LogP contribution in [0.2, 0.25) is 0 Å². The summed E-state index contributed by atoms with van der Waals surface area (Å²) in [4.78, 5) is 4.71. The third kappa shape index (κ3) is 10.6. The minimum Gasteiger partial charge on any atom is -0.359 e. The highest BCUT2D eigenvalue weighted by molar-refractivity contribution is 8.05. The average Bonchev–Trinajstić information content (AvgIpc) is 2.94. The number of alkyl halides is 6. The first-order valence-electron chi connectivity index (χ1n) is 10.0. The number of rotatable bonds is 11. The summed E-state index contributed by atoms with van der Waals surface area (Å²) in [5.74, 6) is 0. The third-order valence-corrected chi connectivity index (χ3v) is 7.64. The molecule has 0 bridgehead atoms. The molecule has 1 atom stereocenters. The summed E-state index contributed by atoms with van der Waals surface area (Å²) < 4.78 is 108. The molecule has 0 spiro atoms. The van der Waals surface area contributed by atoms with E-state index in [2.05, 4.69) is 43.1 Å². The summed E-state index contributed by atoms with van der Waals surface area (Å²) in [5.41, 5.74) is -12.3. The van der Waals surface area contributed by atoms with Crippen molar-refractivity contribution in [1.82, 2.24) is 13.9 Å². The lowest BCUT2D eigenvalue weighted by Gasteiger charge is -2.26. The van der Waals surface area contributed by atoms with E-state index in [9.17, 15) is 43.2 Å². The van der Waals surface area contributed by atoms with E-state index in [4.69, 9.17) is 0 Å². The largest absolute Gasteiger partial charge is 0.512 e. The smallest absolute Gasteiger partial charge is 0.359 e. The van der Waals surface area contributed by atoms with Gasteiger partial charge >= 0.3 is 31.1 Å². The number of nitrogens with one attached hydrogen (secondary N) is 1. The molecule has 1 unspecified atom stereocenters. The molecule has 1 N–H and O–H groups in total. The van der Waals surface area contributed by atoms with E-state index in [1.54, 1.807) is 0 Å². The van der Waals surface area contributed by atoms with Crippen molar-refractivity contribution >= 4 is 20.0 Å². The van der Waals surface area contributed by atoms with Gasteiger partial charge in [0.15, 0.2) is 0 Å². The number of hydrogen-bond acceptors (Lipinski definition) is 6. The van der Waals surface area contributed by atoms with Crippen LogP contribution in [0, 0.1) is 0 Å². The molecule has 0 radical (unpaired) electrons. The Morgan fingerprint density at radius 1 is 0.781 bits per heavy atom. The zero-order chi connectivity index (χ0) is 25.2. The Bertz CT molecular complexity index is 741. The second-order valence-electron chi connectivity index (χ2n) is 7.29. The van der Waals surface area contributed by atoms with Gasteiger partial charge in [-0.3, -0.25) is 0 Å². The van der Waals surface area contributed by atoms with Crippen LogP contribution in [-0.4, -0.2) is 57.4 Å². The molecule has 0 saturated carbocycles. The molecule has 1 heterocycles. The highest BCUT2D eigenvalue weighted by atomic mass is 32.3. The normalized spacial score (nSPS) is 17.5. The Balaban J connectivity index is 0.000000607. The Morgan fingerprint density at radius 2 is 1.19 bits per heavy atom. The minimum absolute atomic E-state index is 0.493. The molecule has 0 aromatic carbocycles. The first kappa shape index (κ1) is 30.8. The average molecular weight is 520 g/mol. The zero-order valence-electron chi connectivity index (χ0n) is 18.2. The van der Waals surface area contributed by atoms with Crippen LogP contribution in [0.15, 0.2) is 12.4 Å². The summed E-state index contributed by atoms with van der Waals surface area (Å²) in [6.45, 7) is 5.77. The van der Waals surface area contributed by atoms with Gasteiger partial charge in [0.1, 0.15) is 0 Å². The first-order chi connectivity index (χ1) is 14.5. The molecular weight excluding hydrogens is 488 g/mol. The molecule has 1 aliphatic rings. The van der Waals surface area contributed by atoms with Crippen molar-refractivity contribution in [2.24, 2.45) is 0 Å². The van der Waals surface area contributed by atoms with Gasteiger partial charge in [-0.2, -0.15) is 26.3 Å². The molecule has 0 fully saturated rings. The monoisotopic (exact) mass is 519 g/mol. The molecule has 15 heteroatoms. The van der Waals surface area contributed by atoms with Crippen molar-refractivity contribution in [2.45, 2.75) is 82.4 Å². The molecule has 7 nitrogen and oxygen atoms in total. The second kappa shape index (κ2) is 12.9. The molecule has 1 rings (SSSR count). The van der Waals surface area contributed by atoms with Crippen molar-refractivity contribution in [3.8, 4) is 0 Å². The predicted octanol–water partition coefficient (Wildman–Crippen LogP) is 4.47. The minimum atomic E-state index is -6.60. The van der Waals surface area contributed by atoms with Crippen molar-refractivity contribution in [3.63, 3.8) is 0 Å². The molecule has 32 heavy (non-hydrogen) atoms. The van der Waals surface area contributed by atoms with Gasteiger partial charge in [-0.15, -0.1) is 0 Å². The van der Waals surface area contributed by atoms with Crippen molar-refractivity contribution in [3.05, 3.63) is 12.4 Å². The van der Waals surface area contributed by atoms with Crippen LogP contribution in [0.3, 0.4) is 0 Å². The highest BCUT2D eigenvalue weighted by Crippen LogP contribution is 2.27. The Morgan fingerprint density at radius 3 is 1.53 bits per heavy atom. The molecule has 0 saturated heterocycles. The maximum atomic E-state index is 11.5. The number of halogens is 6. The summed E-state index contributed by atoms with van der Waals surface area (Å²) in [6, 6.07) is 0. The van der Waals surface area contributed by atoms with Crippen LogP contribution in [0.4, 0.5) is 26.3 Å². The van der Waals surface area contributed by atoms with E-state index in [-0.39, 0.29) is 0 Å². The van der Waals surface area contributed by atoms with Gasteiger partial charge in [0.05, 0.1) is 6.17 Å². The summed E-state index contributed by atoms with van der Waals surface area (Å²) in [5, 5.41) is 0. The van der Waals surface area contributed by atoms with Gasteiger partial charge in [0, 0.05) is 26.0 Å². The van der Waals surface area contributed by atoms with E-state index < -0.39 is 35.2 Å². The van der Waals surface area contributed by atoms with E-state index in [1.807, 2.05) is 0 Å². The van der Waals surface area contributed by atoms with Gasteiger partial charge in [0.2, 0.25) is 0 Å². The van der Waals surface area contributed by atoms with Crippen molar-refractivity contribution in [1.29, 1.82) is 0 Å². The molecular formula is C17H31F6N3O4S2. The third-order valence-electron chi connectivity index (χ3n) is 4.66. The van der Waals surface area contributed by atoms with Gasteiger partial charge < -0.3 is 9.80 Å². The van der Waals surface area contributed by atoms with Crippen molar-refractivity contribution in [2.75, 3.05) is 13.6 Å². The van der Waals surface area contributed by atoms with E-state index in [0.29, 0.717) is 6.17 Å². The van der Waals surface area contributed by atoms with Crippen LogP contribution in [0.25, 0.3) is 0 Å². The van der Waals surface area contributed by atoms with E-state index in [0.717, 1.165) is 0 Å². The molecule has 0 aliphatic carbocycles. The summed E-state index contributed by atoms with van der Waals surface area (Å²) >= 11 is 0. The van der Waals surface area contributed by atoms with Crippen LogP contribution < -0.4 is 4.13 Å². The number of unbranched alkanes of at least 4 members (excludes halogenated alkanes) is 7. The lowest BCUT2D eigenvalue weighted by atomic mass is 10.1. The van der Waals surface area contributed by atoms with Crippen LogP contribution in [-0.2, 0) is 20.0 Å². The van der Waals surface area contributed by atoms with Gasteiger partial charge in [-0.25, -0.2) is 16.8 Å². The van der Waals surface area contributed by atoms with E-state index >= 15 is 0 Å². The summed E-state index contributed by atoms with van der Waals surface area (Å²) in [6.07, 6.45) is 16.2. The highest BCUT2D eigenvalue weighted by Gasteiger charge is 2.55. The number of nitrogens with zero attached hydrogens (tertiary/aromatic N) is 2. The van der Waals surface area contributed by atoms with E-state index in [1.165, 1.54) is 57.9 Å². The number of hydrogen-bond donors (Lipinski definition) is 1. The fraction of sp³-hybridized carbons (Fsp3) is 0.882. The van der Waals surface area contributed by atoms with Gasteiger partial charge in [-0.1, -0.05) is 56.0 Å². The molecule has 1 aliphatic heterocycles. The molecule has 0 amide bonds.